The molecule has 23 heavy (non-hydrogen) atoms. The minimum absolute atomic E-state index is 0.131. The second-order valence-electron chi connectivity index (χ2n) is 6.19. The van der Waals surface area contributed by atoms with Crippen molar-refractivity contribution in [3.05, 3.63) is 29.8 Å². The number of hydrogen-bond acceptors (Lipinski definition) is 3. The van der Waals surface area contributed by atoms with E-state index in [0.717, 1.165) is 11.3 Å². The highest BCUT2D eigenvalue weighted by molar-refractivity contribution is 5.77. The molecule has 0 saturated carbocycles. The zero-order valence-corrected chi connectivity index (χ0v) is 14.2. The summed E-state index contributed by atoms with van der Waals surface area (Å²) in [7, 11) is 0. The lowest BCUT2D eigenvalue weighted by Crippen LogP contribution is -2.33. The van der Waals surface area contributed by atoms with Gasteiger partial charge in [-0.15, -0.1) is 0 Å². The summed E-state index contributed by atoms with van der Waals surface area (Å²) in [5.74, 6) is -0.399. The van der Waals surface area contributed by atoms with E-state index in [1.807, 2.05) is 45.0 Å². The van der Waals surface area contributed by atoms with E-state index in [4.69, 9.17) is 9.84 Å². The highest BCUT2D eigenvalue weighted by Gasteiger charge is 2.19. The summed E-state index contributed by atoms with van der Waals surface area (Å²) < 4.78 is 5.63. The van der Waals surface area contributed by atoms with Crippen LogP contribution in [0.3, 0.4) is 0 Å². The van der Waals surface area contributed by atoms with E-state index in [9.17, 15) is 9.59 Å². The molecule has 0 aliphatic carbocycles. The predicted octanol–water partition coefficient (Wildman–Crippen LogP) is 3.02. The molecule has 0 bridgehead atoms. The van der Waals surface area contributed by atoms with Crippen LogP contribution in [0.25, 0.3) is 0 Å². The Morgan fingerprint density at radius 1 is 1.26 bits per heavy atom. The first kappa shape index (κ1) is 19.0. The first-order valence-corrected chi connectivity index (χ1v) is 8.08. The Bertz CT molecular complexity index is 513. The summed E-state index contributed by atoms with van der Waals surface area (Å²) in [6.07, 6.45) is 1.49. The summed E-state index contributed by atoms with van der Waals surface area (Å²) in [5.41, 5.74) is 1.06. The topological polar surface area (TPSA) is 75.6 Å². The predicted molar refractivity (Wildman–Crippen MR) is 89.5 cm³/mol. The van der Waals surface area contributed by atoms with Crippen molar-refractivity contribution in [1.82, 2.24) is 5.32 Å². The number of carbonyl (C=O) groups is 2. The van der Waals surface area contributed by atoms with E-state index in [1.165, 1.54) is 0 Å². The molecule has 1 aromatic carbocycles. The Morgan fingerprint density at radius 3 is 2.57 bits per heavy atom. The van der Waals surface area contributed by atoms with Crippen molar-refractivity contribution >= 4 is 11.9 Å². The minimum Gasteiger partial charge on any atom is -0.493 e. The van der Waals surface area contributed by atoms with E-state index in [-0.39, 0.29) is 18.4 Å². The third kappa shape index (κ3) is 7.68. The van der Waals surface area contributed by atoms with Gasteiger partial charge in [0, 0.05) is 13.0 Å². The van der Waals surface area contributed by atoms with Crippen LogP contribution in [0.15, 0.2) is 24.3 Å². The van der Waals surface area contributed by atoms with Crippen LogP contribution in [0, 0.1) is 18.8 Å². The van der Waals surface area contributed by atoms with E-state index in [0.29, 0.717) is 25.9 Å². The fourth-order valence-electron chi connectivity index (χ4n) is 2.30. The lowest BCUT2D eigenvalue weighted by Gasteiger charge is -2.15. The number of carboxylic acid groups (broad SMARTS) is 1. The fraction of sp³-hybridized carbons (Fsp3) is 0.556. The van der Waals surface area contributed by atoms with Gasteiger partial charge in [-0.2, -0.15) is 0 Å². The minimum atomic E-state index is -0.859. The number of carboxylic acids is 1. The smallest absolute Gasteiger partial charge is 0.308 e. The SMILES string of the molecule is Cc1ccccc1OCCCC(=O)NCC(CC(C)C)C(=O)O. The van der Waals surface area contributed by atoms with E-state index < -0.39 is 11.9 Å². The van der Waals surface area contributed by atoms with Gasteiger partial charge in [-0.1, -0.05) is 32.0 Å². The Morgan fingerprint density at radius 2 is 1.96 bits per heavy atom. The third-order valence-corrected chi connectivity index (χ3v) is 3.55. The standard InChI is InChI=1S/C18H27NO4/c1-13(2)11-15(18(21)22)12-19-17(20)9-6-10-23-16-8-5-4-7-14(16)3/h4-5,7-8,13,15H,6,9-12H2,1-3H3,(H,19,20)(H,21,22). The van der Waals surface area contributed by atoms with Crippen LogP contribution in [0.2, 0.25) is 0 Å². The van der Waals surface area contributed by atoms with Gasteiger partial charge in [0.2, 0.25) is 5.91 Å². The van der Waals surface area contributed by atoms with Gasteiger partial charge < -0.3 is 15.2 Å². The number of hydrogen-bond donors (Lipinski definition) is 2. The van der Waals surface area contributed by atoms with Gasteiger partial charge in [-0.05, 0) is 37.3 Å². The number of benzene rings is 1. The van der Waals surface area contributed by atoms with Gasteiger partial charge in [-0.3, -0.25) is 9.59 Å². The summed E-state index contributed by atoms with van der Waals surface area (Å²) >= 11 is 0. The van der Waals surface area contributed by atoms with Crippen molar-refractivity contribution in [3.63, 3.8) is 0 Å². The number of ether oxygens (including phenoxy) is 1. The molecule has 5 nitrogen and oxygen atoms in total. The highest BCUT2D eigenvalue weighted by atomic mass is 16.5. The van der Waals surface area contributed by atoms with Crippen LogP contribution in [0.1, 0.15) is 38.7 Å². The monoisotopic (exact) mass is 321 g/mol. The average molecular weight is 321 g/mol. The van der Waals surface area contributed by atoms with Gasteiger partial charge >= 0.3 is 5.97 Å². The van der Waals surface area contributed by atoms with Crippen molar-refractivity contribution in [2.24, 2.45) is 11.8 Å². The molecule has 1 rings (SSSR count). The maximum absolute atomic E-state index is 11.8. The molecule has 1 aromatic rings. The molecule has 0 heterocycles. The van der Waals surface area contributed by atoms with Crippen molar-refractivity contribution in [2.45, 2.75) is 40.0 Å². The quantitative estimate of drug-likeness (QED) is 0.650. The normalized spacial score (nSPS) is 12.0. The molecule has 1 unspecified atom stereocenters. The third-order valence-electron chi connectivity index (χ3n) is 3.55. The van der Waals surface area contributed by atoms with Gasteiger partial charge in [0.1, 0.15) is 5.75 Å². The van der Waals surface area contributed by atoms with Gasteiger partial charge in [0.25, 0.3) is 0 Å². The summed E-state index contributed by atoms with van der Waals surface area (Å²) in [4.78, 5) is 22.9. The van der Waals surface area contributed by atoms with Gasteiger partial charge in [0.15, 0.2) is 0 Å². The zero-order chi connectivity index (χ0) is 17.2. The molecule has 128 valence electrons. The molecular formula is C18H27NO4. The molecule has 0 fully saturated rings. The number of amides is 1. The largest absolute Gasteiger partial charge is 0.493 e. The number of aliphatic carboxylic acids is 1. The molecule has 0 saturated heterocycles. The molecule has 1 atom stereocenters. The second-order valence-corrected chi connectivity index (χ2v) is 6.19. The molecule has 2 N–H and O–H groups in total. The maximum Gasteiger partial charge on any atom is 0.308 e. The molecule has 5 heteroatoms. The first-order chi connectivity index (χ1) is 10.9. The summed E-state index contributed by atoms with van der Waals surface area (Å²) in [5, 5.41) is 11.8. The van der Waals surface area contributed by atoms with E-state index >= 15 is 0 Å². The molecule has 1 amide bonds. The van der Waals surface area contributed by atoms with Crippen LogP contribution in [0.4, 0.5) is 0 Å². The van der Waals surface area contributed by atoms with Crippen molar-refractivity contribution in [1.29, 1.82) is 0 Å². The lowest BCUT2D eigenvalue weighted by molar-refractivity contribution is -0.142. The number of nitrogens with one attached hydrogen (secondary N) is 1. The van der Waals surface area contributed by atoms with E-state index in [2.05, 4.69) is 5.32 Å². The van der Waals surface area contributed by atoms with Crippen molar-refractivity contribution in [2.75, 3.05) is 13.2 Å². The Balaban J connectivity index is 2.24. The van der Waals surface area contributed by atoms with Crippen LogP contribution in [-0.2, 0) is 9.59 Å². The first-order valence-electron chi connectivity index (χ1n) is 8.08. The lowest BCUT2D eigenvalue weighted by atomic mass is 9.97. The number of para-hydroxylation sites is 1. The van der Waals surface area contributed by atoms with Crippen LogP contribution < -0.4 is 10.1 Å². The summed E-state index contributed by atoms with van der Waals surface area (Å²) in [6, 6.07) is 7.74. The number of rotatable bonds is 10. The van der Waals surface area contributed by atoms with Crippen LogP contribution in [0.5, 0.6) is 5.75 Å². The fourth-order valence-corrected chi connectivity index (χ4v) is 2.30. The Kier molecular flexibility index (Phi) is 8.16. The maximum atomic E-state index is 11.8. The number of aryl methyl sites for hydroxylation is 1. The molecule has 0 aromatic heterocycles. The Labute approximate surface area is 138 Å². The molecule has 0 aliphatic rings. The Hall–Kier alpha value is -2.04. The molecular weight excluding hydrogens is 294 g/mol. The summed E-state index contributed by atoms with van der Waals surface area (Å²) in [6.45, 7) is 6.57. The molecule has 0 spiro atoms. The van der Waals surface area contributed by atoms with Crippen LogP contribution in [-0.4, -0.2) is 30.1 Å². The van der Waals surface area contributed by atoms with E-state index in [1.54, 1.807) is 0 Å². The highest BCUT2D eigenvalue weighted by Crippen LogP contribution is 2.16. The van der Waals surface area contributed by atoms with Crippen molar-refractivity contribution in [3.8, 4) is 5.75 Å². The van der Waals surface area contributed by atoms with Crippen LogP contribution >= 0.6 is 0 Å². The average Bonchev–Trinajstić information content (AvgIpc) is 2.49. The van der Waals surface area contributed by atoms with Crippen molar-refractivity contribution < 1.29 is 19.4 Å². The zero-order valence-electron chi connectivity index (χ0n) is 14.2. The number of carbonyl (C=O) groups excluding carboxylic acids is 1. The molecule has 0 radical (unpaired) electrons. The van der Waals surface area contributed by atoms with Gasteiger partial charge in [0.05, 0.1) is 12.5 Å². The van der Waals surface area contributed by atoms with Gasteiger partial charge in [-0.25, -0.2) is 0 Å². The molecule has 0 aliphatic heterocycles. The second kappa shape index (κ2) is 9.87.